The Balaban J connectivity index is 1.36. The largest absolute Gasteiger partial charge is 0.495 e. The summed E-state index contributed by atoms with van der Waals surface area (Å²) in [4.78, 5) is 17.8. The minimum Gasteiger partial charge on any atom is -0.495 e. The molecule has 0 spiro atoms. The average Bonchev–Trinajstić information content (AvgIpc) is 2.74. The second-order valence-electron chi connectivity index (χ2n) is 6.39. The second kappa shape index (κ2) is 10.1. The molecular formula is C21H27N3O2S. The fourth-order valence-electron chi connectivity index (χ4n) is 3.13. The summed E-state index contributed by atoms with van der Waals surface area (Å²) in [5.74, 6) is 1.89. The molecule has 0 radical (unpaired) electrons. The number of carbonyl (C=O) groups excluding carboxylic acids is 1. The molecule has 0 unspecified atom stereocenters. The van der Waals surface area contributed by atoms with E-state index in [0.29, 0.717) is 6.54 Å². The van der Waals surface area contributed by atoms with Crippen LogP contribution in [-0.4, -0.2) is 56.5 Å². The van der Waals surface area contributed by atoms with E-state index in [-0.39, 0.29) is 6.03 Å². The molecule has 3 rings (SSSR count). The summed E-state index contributed by atoms with van der Waals surface area (Å²) < 4.78 is 5.44. The Morgan fingerprint density at radius 3 is 2.48 bits per heavy atom. The number of urea groups is 1. The van der Waals surface area contributed by atoms with Gasteiger partial charge in [-0.2, -0.15) is 0 Å². The molecule has 5 nitrogen and oxygen atoms in total. The van der Waals surface area contributed by atoms with E-state index < -0.39 is 0 Å². The minimum absolute atomic E-state index is 0.0411. The van der Waals surface area contributed by atoms with Crippen LogP contribution in [0.3, 0.4) is 0 Å². The van der Waals surface area contributed by atoms with E-state index in [1.165, 1.54) is 4.90 Å². The Bertz CT molecular complexity index is 718. The monoisotopic (exact) mass is 385 g/mol. The van der Waals surface area contributed by atoms with Crippen molar-refractivity contribution in [1.29, 1.82) is 0 Å². The van der Waals surface area contributed by atoms with Crippen molar-refractivity contribution in [2.45, 2.75) is 11.3 Å². The van der Waals surface area contributed by atoms with Crippen molar-refractivity contribution in [2.24, 2.45) is 0 Å². The second-order valence-corrected chi connectivity index (χ2v) is 7.56. The maximum atomic E-state index is 12.4. The number of methoxy groups -OCH3 is 1. The number of nitrogens with one attached hydrogen (secondary N) is 1. The number of carbonyl (C=O) groups is 1. The van der Waals surface area contributed by atoms with Crippen molar-refractivity contribution in [3.05, 3.63) is 54.6 Å². The zero-order chi connectivity index (χ0) is 18.9. The SMILES string of the molecule is COc1ccccc1N1CCN(C(=O)NCCCSc2ccccc2)CC1. The summed E-state index contributed by atoms with van der Waals surface area (Å²) >= 11 is 1.83. The topological polar surface area (TPSA) is 44.8 Å². The number of ether oxygens (including phenoxy) is 1. The predicted octanol–water partition coefficient (Wildman–Crippen LogP) is 3.71. The smallest absolute Gasteiger partial charge is 0.317 e. The molecule has 0 aromatic heterocycles. The van der Waals surface area contributed by atoms with Crippen LogP contribution in [0.1, 0.15) is 6.42 Å². The molecule has 0 aliphatic carbocycles. The number of piperazine rings is 1. The third-order valence-electron chi connectivity index (χ3n) is 4.60. The fraction of sp³-hybridized carbons (Fsp3) is 0.381. The van der Waals surface area contributed by atoms with E-state index in [1.807, 2.05) is 40.9 Å². The van der Waals surface area contributed by atoms with Crippen molar-refractivity contribution in [3.63, 3.8) is 0 Å². The highest BCUT2D eigenvalue weighted by molar-refractivity contribution is 7.99. The molecule has 27 heavy (non-hydrogen) atoms. The normalized spacial score (nSPS) is 14.1. The Morgan fingerprint density at radius 2 is 1.74 bits per heavy atom. The summed E-state index contributed by atoms with van der Waals surface area (Å²) in [7, 11) is 1.69. The van der Waals surface area contributed by atoms with E-state index in [0.717, 1.165) is 49.8 Å². The zero-order valence-electron chi connectivity index (χ0n) is 15.8. The number of amides is 2. The van der Waals surface area contributed by atoms with Crippen LogP contribution in [0.25, 0.3) is 0 Å². The van der Waals surface area contributed by atoms with Gasteiger partial charge in [-0.1, -0.05) is 30.3 Å². The van der Waals surface area contributed by atoms with Crippen molar-refractivity contribution >= 4 is 23.5 Å². The third kappa shape index (κ3) is 5.57. The molecule has 6 heteroatoms. The van der Waals surface area contributed by atoms with Gasteiger partial charge in [0.05, 0.1) is 12.8 Å². The van der Waals surface area contributed by atoms with Crippen LogP contribution in [0.5, 0.6) is 5.75 Å². The quantitative estimate of drug-likeness (QED) is 0.583. The first-order valence-corrected chi connectivity index (χ1v) is 10.3. The standard InChI is InChI=1S/C21H27N3O2S/c1-26-20-11-6-5-10-19(20)23-13-15-24(16-14-23)21(25)22-12-7-17-27-18-8-3-2-4-9-18/h2-6,8-11H,7,12-17H2,1H3,(H,22,25). The first kappa shape index (κ1) is 19.4. The number of anilines is 1. The zero-order valence-corrected chi connectivity index (χ0v) is 16.6. The molecule has 0 saturated carbocycles. The van der Waals surface area contributed by atoms with E-state index in [9.17, 15) is 4.79 Å². The molecular weight excluding hydrogens is 358 g/mol. The van der Waals surface area contributed by atoms with Crippen LogP contribution < -0.4 is 15.0 Å². The van der Waals surface area contributed by atoms with Gasteiger partial charge in [-0.3, -0.25) is 0 Å². The van der Waals surface area contributed by atoms with Gasteiger partial charge in [0.2, 0.25) is 0 Å². The van der Waals surface area contributed by atoms with Crippen LogP contribution in [0.4, 0.5) is 10.5 Å². The number of thioether (sulfide) groups is 1. The van der Waals surface area contributed by atoms with E-state index >= 15 is 0 Å². The highest BCUT2D eigenvalue weighted by Gasteiger charge is 2.22. The van der Waals surface area contributed by atoms with Crippen molar-refractivity contribution in [1.82, 2.24) is 10.2 Å². The first-order chi connectivity index (χ1) is 13.3. The van der Waals surface area contributed by atoms with Crippen LogP contribution in [0.15, 0.2) is 59.5 Å². The summed E-state index contributed by atoms with van der Waals surface area (Å²) in [6.45, 7) is 3.80. The maximum absolute atomic E-state index is 12.4. The maximum Gasteiger partial charge on any atom is 0.317 e. The molecule has 1 aliphatic rings. The Labute approximate surface area is 165 Å². The highest BCUT2D eigenvalue weighted by Crippen LogP contribution is 2.28. The minimum atomic E-state index is 0.0411. The average molecular weight is 386 g/mol. The first-order valence-electron chi connectivity index (χ1n) is 9.36. The lowest BCUT2D eigenvalue weighted by Gasteiger charge is -2.36. The van der Waals surface area contributed by atoms with Crippen LogP contribution >= 0.6 is 11.8 Å². The highest BCUT2D eigenvalue weighted by atomic mass is 32.2. The lowest BCUT2D eigenvalue weighted by atomic mass is 10.2. The Hall–Kier alpha value is -2.34. The summed E-state index contributed by atoms with van der Waals surface area (Å²) in [6.07, 6.45) is 0.965. The van der Waals surface area contributed by atoms with Gasteiger partial charge in [-0.25, -0.2) is 4.79 Å². The van der Waals surface area contributed by atoms with Gasteiger partial charge in [0.1, 0.15) is 5.75 Å². The molecule has 144 valence electrons. The van der Waals surface area contributed by atoms with Gasteiger partial charge in [0.25, 0.3) is 0 Å². The van der Waals surface area contributed by atoms with Gasteiger partial charge in [-0.15, -0.1) is 11.8 Å². The lowest BCUT2D eigenvalue weighted by molar-refractivity contribution is 0.194. The van der Waals surface area contributed by atoms with Crippen molar-refractivity contribution in [2.75, 3.05) is 50.5 Å². The number of rotatable bonds is 7. The lowest BCUT2D eigenvalue weighted by Crippen LogP contribution is -2.52. The van der Waals surface area contributed by atoms with E-state index in [4.69, 9.17) is 4.74 Å². The molecule has 2 amide bonds. The molecule has 1 fully saturated rings. The molecule has 1 saturated heterocycles. The van der Waals surface area contributed by atoms with Crippen LogP contribution in [0, 0.1) is 0 Å². The van der Waals surface area contributed by atoms with Crippen molar-refractivity contribution in [3.8, 4) is 5.75 Å². The van der Waals surface area contributed by atoms with Gasteiger partial charge in [-0.05, 0) is 36.4 Å². The number of hydrogen-bond acceptors (Lipinski definition) is 4. The molecule has 2 aromatic rings. The van der Waals surface area contributed by atoms with Crippen LogP contribution in [0.2, 0.25) is 0 Å². The fourth-order valence-corrected chi connectivity index (χ4v) is 4.00. The molecule has 0 atom stereocenters. The molecule has 0 bridgehead atoms. The van der Waals surface area contributed by atoms with Gasteiger partial charge >= 0.3 is 6.03 Å². The number of hydrogen-bond donors (Lipinski definition) is 1. The Morgan fingerprint density at radius 1 is 1.04 bits per heavy atom. The number of benzene rings is 2. The molecule has 1 aliphatic heterocycles. The van der Waals surface area contributed by atoms with Gasteiger partial charge < -0.3 is 19.9 Å². The van der Waals surface area contributed by atoms with E-state index in [1.54, 1.807) is 7.11 Å². The predicted molar refractivity (Wildman–Crippen MR) is 112 cm³/mol. The van der Waals surface area contributed by atoms with Crippen LogP contribution in [-0.2, 0) is 0 Å². The molecule has 1 N–H and O–H groups in total. The third-order valence-corrected chi connectivity index (χ3v) is 5.70. The number of nitrogens with zero attached hydrogens (tertiary/aromatic N) is 2. The summed E-state index contributed by atoms with van der Waals surface area (Å²) in [6, 6.07) is 18.4. The number of para-hydroxylation sites is 2. The van der Waals surface area contributed by atoms with Gasteiger partial charge in [0.15, 0.2) is 0 Å². The van der Waals surface area contributed by atoms with Crippen molar-refractivity contribution < 1.29 is 9.53 Å². The molecule has 1 heterocycles. The molecule has 2 aromatic carbocycles. The summed E-state index contributed by atoms with van der Waals surface area (Å²) in [5.41, 5.74) is 1.10. The van der Waals surface area contributed by atoms with E-state index in [2.05, 4.69) is 40.5 Å². The Kier molecular flexibility index (Phi) is 7.27. The van der Waals surface area contributed by atoms with Gasteiger partial charge in [0, 0.05) is 37.6 Å². The summed E-state index contributed by atoms with van der Waals surface area (Å²) in [5, 5.41) is 3.05.